The number of aromatic nitrogens is 1. The van der Waals surface area contributed by atoms with Crippen LogP contribution in [0.25, 0.3) is 10.9 Å². The molecular weight excluding hydrogens is 328 g/mol. The van der Waals surface area contributed by atoms with Crippen LogP contribution in [-0.4, -0.2) is 29.7 Å². The Morgan fingerprint density at radius 3 is 2.73 bits per heavy atom. The molecule has 5 heteroatoms. The summed E-state index contributed by atoms with van der Waals surface area (Å²) in [5.74, 6) is 0.690. The molecular formula is C21H28N2O3. The van der Waals surface area contributed by atoms with Gasteiger partial charge in [-0.15, -0.1) is 0 Å². The van der Waals surface area contributed by atoms with Crippen LogP contribution in [0.1, 0.15) is 52.4 Å². The summed E-state index contributed by atoms with van der Waals surface area (Å²) in [7, 11) is 0. The predicted octanol–water partition coefficient (Wildman–Crippen LogP) is 4.70. The van der Waals surface area contributed by atoms with Gasteiger partial charge in [0.05, 0.1) is 12.3 Å². The fourth-order valence-corrected chi connectivity index (χ4v) is 3.62. The van der Waals surface area contributed by atoms with Crippen LogP contribution in [0.2, 0.25) is 0 Å². The minimum atomic E-state index is -0.707. The summed E-state index contributed by atoms with van der Waals surface area (Å²) in [5, 5.41) is 4.00. The van der Waals surface area contributed by atoms with E-state index in [1.54, 1.807) is 6.20 Å². The van der Waals surface area contributed by atoms with Crippen LogP contribution in [0.4, 0.5) is 5.69 Å². The van der Waals surface area contributed by atoms with E-state index in [2.05, 4.69) is 17.2 Å². The van der Waals surface area contributed by atoms with Crippen LogP contribution in [0, 0.1) is 0 Å². The molecule has 1 aromatic carbocycles. The standard InChI is InChI=1S/C21H28N2O3/c1-3-15-26-21(12-6-5-7-13-21)20(24)23-17-10-11-18(25-4-2)19-16(17)9-8-14-22-19/h8-11,14H,3-7,12-13,15H2,1-2H3,(H,23,24). The van der Waals surface area contributed by atoms with Gasteiger partial charge in [0.25, 0.3) is 5.91 Å². The van der Waals surface area contributed by atoms with Crippen molar-refractivity contribution in [1.29, 1.82) is 0 Å². The molecule has 1 saturated carbocycles. The highest BCUT2D eigenvalue weighted by atomic mass is 16.5. The molecule has 1 aromatic heterocycles. The van der Waals surface area contributed by atoms with Gasteiger partial charge in [-0.3, -0.25) is 9.78 Å². The number of nitrogens with one attached hydrogen (secondary N) is 1. The molecule has 26 heavy (non-hydrogen) atoms. The summed E-state index contributed by atoms with van der Waals surface area (Å²) in [6, 6.07) is 7.59. The Morgan fingerprint density at radius 1 is 1.19 bits per heavy atom. The highest BCUT2D eigenvalue weighted by Crippen LogP contribution is 2.35. The highest BCUT2D eigenvalue weighted by Gasteiger charge is 2.40. The summed E-state index contributed by atoms with van der Waals surface area (Å²) >= 11 is 0. The molecule has 1 aliphatic carbocycles. The minimum absolute atomic E-state index is 0.0417. The molecule has 1 N–H and O–H groups in total. The average Bonchev–Trinajstić information content (AvgIpc) is 2.69. The third kappa shape index (κ3) is 3.83. The Kier molecular flexibility index (Phi) is 6.09. The number of amides is 1. The van der Waals surface area contributed by atoms with Crippen LogP contribution >= 0.6 is 0 Å². The Bertz CT molecular complexity index is 754. The highest BCUT2D eigenvalue weighted by molar-refractivity contribution is 6.05. The molecule has 0 bridgehead atoms. The lowest BCUT2D eigenvalue weighted by Crippen LogP contribution is -2.47. The number of nitrogens with zero attached hydrogens (tertiary/aromatic N) is 1. The van der Waals surface area contributed by atoms with Gasteiger partial charge in [0, 0.05) is 18.2 Å². The first kappa shape index (κ1) is 18.6. The quantitative estimate of drug-likeness (QED) is 0.781. The molecule has 1 fully saturated rings. The van der Waals surface area contributed by atoms with Gasteiger partial charge in [0.15, 0.2) is 0 Å². The molecule has 0 saturated heterocycles. The Morgan fingerprint density at radius 2 is 2.00 bits per heavy atom. The summed E-state index contributed by atoms with van der Waals surface area (Å²) in [6.45, 7) is 5.20. The second-order valence-electron chi connectivity index (χ2n) is 6.80. The maximum absolute atomic E-state index is 13.2. The second-order valence-corrected chi connectivity index (χ2v) is 6.80. The maximum atomic E-state index is 13.2. The second kappa shape index (κ2) is 8.49. The van der Waals surface area contributed by atoms with E-state index in [-0.39, 0.29) is 5.91 Å². The Balaban J connectivity index is 1.89. The molecule has 3 rings (SSSR count). The lowest BCUT2D eigenvalue weighted by Gasteiger charge is -2.35. The molecule has 0 radical (unpaired) electrons. The number of rotatable bonds is 7. The van der Waals surface area contributed by atoms with E-state index in [1.165, 1.54) is 6.42 Å². The average molecular weight is 356 g/mol. The number of fused-ring (bicyclic) bond motifs is 1. The number of ether oxygens (including phenoxy) is 2. The maximum Gasteiger partial charge on any atom is 0.256 e. The van der Waals surface area contributed by atoms with Gasteiger partial charge in [0.2, 0.25) is 0 Å². The van der Waals surface area contributed by atoms with Crippen molar-refractivity contribution in [2.45, 2.75) is 58.0 Å². The predicted molar refractivity (Wildman–Crippen MR) is 104 cm³/mol. The van der Waals surface area contributed by atoms with Crippen LogP contribution in [0.5, 0.6) is 5.75 Å². The van der Waals surface area contributed by atoms with E-state index in [4.69, 9.17) is 9.47 Å². The van der Waals surface area contributed by atoms with Gasteiger partial charge in [-0.05, 0) is 50.5 Å². The van der Waals surface area contributed by atoms with Crippen molar-refractivity contribution < 1.29 is 14.3 Å². The number of hydrogen-bond donors (Lipinski definition) is 1. The van der Waals surface area contributed by atoms with Gasteiger partial charge >= 0.3 is 0 Å². The third-order valence-corrected chi connectivity index (χ3v) is 4.94. The summed E-state index contributed by atoms with van der Waals surface area (Å²) < 4.78 is 11.7. The van der Waals surface area contributed by atoms with Gasteiger partial charge < -0.3 is 14.8 Å². The molecule has 5 nitrogen and oxygen atoms in total. The number of hydrogen-bond acceptors (Lipinski definition) is 4. The number of pyridine rings is 1. The molecule has 2 aromatic rings. The minimum Gasteiger partial charge on any atom is -0.492 e. The monoisotopic (exact) mass is 356 g/mol. The SMILES string of the molecule is CCCOC1(C(=O)Nc2ccc(OCC)c3ncccc23)CCCCC1. The summed E-state index contributed by atoms with van der Waals surface area (Å²) in [4.78, 5) is 17.6. The number of anilines is 1. The van der Waals surface area contributed by atoms with Crippen LogP contribution in [0.15, 0.2) is 30.5 Å². The molecule has 0 unspecified atom stereocenters. The van der Waals surface area contributed by atoms with Crippen molar-refractivity contribution in [3.8, 4) is 5.75 Å². The number of carbonyl (C=O) groups excluding carboxylic acids is 1. The van der Waals surface area contributed by atoms with Gasteiger partial charge in [-0.2, -0.15) is 0 Å². The number of carbonyl (C=O) groups is 1. The van der Waals surface area contributed by atoms with Crippen molar-refractivity contribution in [1.82, 2.24) is 4.98 Å². The summed E-state index contributed by atoms with van der Waals surface area (Å²) in [6.07, 6.45) is 7.44. The normalized spacial score (nSPS) is 16.4. The first-order valence-electron chi connectivity index (χ1n) is 9.66. The fraction of sp³-hybridized carbons (Fsp3) is 0.524. The van der Waals surface area contributed by atoms with Crippen LogP contribution in [0.3, 0.4) is 0 Å². The van der Waals surface area contributed by atoms with Gasteiger partial charge in [0.1, 0.15) is 16.9 Å². The lowest BCUT2D eigenvalue weighted by atomic mass is 9.83. The molecule has 1 amide bonds. The van der Waals surface area contributed by atoms with Gasteiger partial charge in [-0.25, -0.2) is 0 Å². The van der Waals surface area contributed by atoms with Crippen molar-refractivity contribution in [3.63, 3.8) is 0 Å². The smallest absolute Gasteiger partial charge is 0.256 e. The molecule has 0 aliphatic heterocycles. The van der Waals surface area contributed by atoms with Crippen molar-refractivity contribution in [2.75, 3.05) is 18.5 Å². The van der Waals surface area contributed by atoms with Crippen molar-refractivity contribution in [3.05, 3.63) is 30.5 Å². The zero-order valence-corrected chi connectivity index (χ0v) is 15.7. The largest absolute Gasteiger partial charge is 0.492 e. The van der Waals surface area contributed by atoms with E-state index >= 15 is 0 Å². The first-order chi connectivity index (χ1) is 12.7. The molecule has 1 heterocycles. The fourth-order valence-electron chi connectivity index (χ4n) is 3.62. The lowest BCUT2D eigenvalue weighted by molar-refractivity contribution is -0.146. The van der Waals surface area contributed by atoms with E-state index < -0.39 is 5.60 Å². The topological polar surface area (TPSA) is 60.5 Å². The third-order valence-electron chi connectivity index (χ3n) is 4.94. The Hall–Kier alpha value is -2.14. The molecule has 1 aliphatic rings. The van der Waals surface area contributed by atoms with E-state index in [1.807, 2.05) is 31.2 Å². The summed E-state index contributed by atoms with van der Waals surface area (Å²) in [5.41, 5.74) is 0.812. The molecule has 0 atom stereocenters. The van der Waals surface area contributed by atoms with Crippen molar-refractivity contribution in [2.24, 2.45) is 0 Å². The van der Waals surface area contributed by atoms with Crippen LogP contribution in [-0.2, 0) is 9.53 Å². The van der Waals surface area contributed by atoms with E-state index in [0.29, 0.717) is 13.2 Å². The van der Waals surface area contributed by atoms with E-state index in [0.717, 1.165) is 54.4 Å². The van der Waals surface area contributed by atoms with E-state index in [9.17, 15) is 4.79 Å². The molecule has 0 spiro atoms. The zero-order valence-electron chi connectivity index (χ0n) is 15.7. The molecule has 140 valence electrons. The zero-order chi connectivity index (χ0) is 18.4. The Labute approximate surface area is 155 Å². The van der Waals surface area contributed by atoms with Crippen molar-refractivity contribution >= 4 is 22.5 Å². The number of benzene rings is 1. The van der Waals surface area contributed by atoms with Gasteiger partial charge in [-0.1, -0.05) is 26.2 Å². The first-order valence-corrected chi connectivity index (χ1v) is 9.66. The van der Waals surface area contributed by atoms with Crippen LogP contribution < -0.4 is 10.1 Å².